The lowest BCUT2D eigenvalue weighted by atomic mass is 10.1. The van der Waals surface area contributed by atoms with E-state index in [1.165, 1.54) is 12.8 Å². The smallest absolute Gasteiger partial charge is 0.251 e. The summed E-state index contributed by atoms with van der Waals surface area (Å²) in [4.78, 5) is 23.6. The molecule has 0 spiro atoms. The van der Waals surface area contributed by atoms with Crippen LogP contribution in [0.15, 0.2) is 24.3 Å². The standard InChI is InChI=1S/C18H28N2O2/c1-3-5-7-8-9-17(21)20-16-12-10-15(11-13-16)18(22)19-14-6-4-2/h10-13H,3-9,14H2,1-2H3,(H,19,22)(H,20,21). The zero-order chi connectivity index (χ0) is 16.2. The fourth-order valence-corrected chi connectivity index (χ4v) is 2.12. The molecule has 1 aromatic rings. The van der Waals surface area contributed by atoms with E-state index in [2.05, 4.69) is 24.5 Å². The molecule has 0 saturated heterocycles. The molecule has 0 unspecified atom stereocenters. The normalized spacial score (nSPS) is 10.3. The molecule has 1 aromatic carbocycles. The van der Waals surface area contributed by atoms with Gasteiger partial charge in [0.2, 0.25) is 5.91 Å². The van der Waals surface area contributed by atoms with Crippen LogP contribution in [-0.4, -0.2) is 18.4 Å². The molecule has 2 N–H and O–H groups in total. The summed E-state index contributed by atoms with van der Waals surface area (Å²) in [6.07, 6.45) is 6.97. The second kappa shape index (κ2) is 10.8. The van der Waals surface area contributed by atoms with E-state index in [0.29, 0.717) is 18.5 Å². The first-order chi connectivity index (χ1) is 10.7. The van der Waals surface area contributed by atoms with Crippen LogP contribution in [-0.2, 0) is 4.79 Å². The van der Waals surface area contributed by atoms with Crippen LogP contribution in [0.2, 0.25) is 0 Å². The van der Waals surface area contributed by atoms with Gasteiger partial charge in [-0.2, -0.15) is 0 Å². The maximum absolute atomic E-state index is 11.9. The van der Waals surface area contributed by atoms with E-state index in [-0.39, 0.29) is 11.8 Å². The van der Waals surface area contributed by atoms with E-state index in [9.17, 15) is 9.59 Å². The summed E-state index contributed by atoms with van der Waals surface area (Å²) in [5.41, 5.74) is 1.36. The van der Waals surface area contributed by atoms with Crippen LogP contribution in [0.5, 0.6) is 0 Å². The Hall–Kier alpha value is -1.84. The number of hydrogen-bond acceptors (Lipinski definition) is 2. The summed E-state index contributed by atoms with van der Waals surface area (Å²) < 4.78 is 0. The molecule has 0 fully saturated rings. The molecule has 0 saturated carbocycles. The van der Waals surface area contributed by atoms with Crippen LogP contribution >= 0.6 is 0 Å². The van der Waals surface area contributed by atoms with Crippen LogP contribution in [0.25, 0.3) is 0 Å². The number of carbonyl (C=O) groups excluding carboxylic acids is 2. The Balaban J connectivity index is 2.37. The highest BCUT2D eigenvalue weighted by atomic mass is 16.2. The maximum Gasteiger partial charge on any atom is 0.251 e. The summed E-state index contributed by atoms with van der Waals surface area (Å²) in [6.45, 7) is 4.94. The zero-order valence-electron chi connectivity index (χ0n) is 13.8. The molecule has 0 bridgehead atoms. The molecule has 4 nitrogen and oxygen atoms in total. The van der Waals surface area contributed by atoms with Gasteiger partial charge in [-0.1, -0.05) is 39.5 Å². The van der Waals surface area contributed by atoms with Gasteiger partial charge in [0.1, 0.15) is 0 Å². The van der Waals surface area contributed by atoms with E-state index in [4.69, 9.17) is 0 Å². The number of rotatable bonds is 10. The zero-order valence-corrected chi connectivity index (χ0v) is 13.8. The Morgan fingerprint density at radius 1 is 0.909 bits per heavy atom. The average molecular weight is 304 g/mol. The van der Waals surface area contributed by atoms with E-state index in [0.717, 1.165) is 31.4 Å². The van der Waals surface area contributed by atoms with Crippen molar-refractivity contribution in [1.29, 1.82) is 0 Å². The van der Waals surface area contributed by atoms with Crippen molar-refractivity contribution in [3.8, 4) is 0 Å². The lowest BCUT2D eigenvalue weighted by Gasteiger charge is -2.07. The maximum atomic E-state index is 11.9. The third-order valence-electron chi connectivity index (χ3n) is 3.50. The lowest BCUT2D eigenvalue weighted by molar-refractivity contribution is -0.116. The molecule has 0 aliphatic rings. The van der Waals surface area contributed by atoms with Crippen molar-refractivity contribution in [2.75, 3.05) is 11.9 Å². The quantitative estimate of drug-likeness (QED) is 0.639. The molecule has 122 valence electrons. The minimum absolute atomic E-state index is 0.0382. The topological polar surface area (TPSA) is 58.2 Å². The van der Waals surface area contributed by atoms with Gasteiger partial charge in [-0.05, 0) is 37.1 Å². The Bertz CT molecular complexity index is 455. The van der Waals surface area contributed by atoms with Crippen molar-refractivity contribution in [2.24, 2.45) is 0 Å². The number of unbranched alkanes of at least 4 members (excludes halogenated alkanes) is 4. The lowest BCUT2D eigenvalue weighted by Crippen LogP contribution is -2.24. The van der Waals surface area contributed by atoms with Crippen molar-refractivity contribution in [3.05, 3.63) is 29.8 Å². The van der Waals surface area contributed by atoms with Crippen molar-refractivity contribution in [2.45, 2.75) is 58.8 Å². The van der Waals surface area contributed by atoms with Gasteiger partial charge in [-0.25, -0.2) is 0 Å². The number of benzene rings is 1. The molecule has 1 rings (SSSR count). The third-order valence-corrected chi connectivity index (χ3v) is 3.50. The molecule has 22 heavy (non-hydrogen) atoms. The van der Waals surface area contributed by atoms with Gasteiger partial charge < -0.3 is 10.6 Å². The van der Waals surface area contributed by atoms with Crippen LogP contribution in [0, 0.1) is 0 Å². The van der Waals surface area contributed by atoms with E-state index in [1.807, 2.05) is 0 Å². The van der Waals surface area contributed by atoms with Gasteiger partial charge in [0.25, 0.3) is 5.91 Å². The average Bonchev–Trinajstić information content (AvgIpc) is 2.52. The van der Waals surface area contributed by atoms with Crippen LogP contribution in [0.1, 0.15) is 69.2 Å². The second-order valence-electron chi connectivity index (χ2n) is 5.55. The van der Waals surface area contributed by atoms with E-state index >= 15 is 0 Å². The SMILES string of the molecule is CCCCCCC(=O)Nc1ccc(C(=O)NCCCC)cc1. The Morgan fingerprint density at radius 3 is 2.23 bits per heavy atom. The number of carbonyl (C=O) groups is 2. The van der Waals surface area contributed by atoms with Gasteiger partial charge in [0.15, 0.2) is 0 Å². The van der Waals surface area contributed by atoms with Crippen LogP contribution < -0.4 is 10.6 Å². The molecular weight excluding hydrogens is 276 g/mol. The van der Waals surface area contributed by atoms with E-state index in [1.54, 1.807) is 24.3 Å². The first-order valence-electron chi connectivity index (χ1n) is 8.35. The molecule has 0 atom stereocenters. The first kappa shape index (κ1) is 18.2. The Kier molecular flexibility index (Phi) is 8.96. The highest BCUT2D eigenvalue weighted by molar-refractivity contribution is 5.95. The van der Waals surface area contributed by atoms with Gasteiger partial charge >= 0.3 is 0 Å². The minimum Gasteiger partial charge on any atom is -0.352 e. The summed E-state index contributed by atoms with van der Waals surface area (Å²) >= 11 is 0. The van der Waals surface area contributed by atoms with Crippen LogP contribution in [0.3, 0.4) is 0 Å². The van der Waals surface area contributed by atoms with Gasteiger partial charge in [-0.15, -0.1) is 0 Å². The van der Waals surface area contributed by atoms with Crippen molar-refractivity contribution in [1.82, 2.24) is 5.32 Å². The molecule has 0 heterocycles. The number of anilines is 1. The fourth-order valence-electron chi connectivity index (χ4n) is 2.12. The first-order valence-corrected chi connectivity index (χ1v) is 8.35. The predicted octanol–water partition coefficient (Wildman–Crippen LogP) is 4.13. The van der Waals surface area contributed by atoms with Gasteiger partial charge in [0.05, 0.1) is 0 Å². The van der Waals surface area contributed by atoms with Crippen LogP contribution in [0.4, 0.5) is 5.69 Å². The molecule has 0 aliphatic heterocycles. The molecule has 2 amide bonds. The summed E-state index contributed by atoms with van der Waals surface area (Å²) in [7, 11) is 0. The molecular formula is C18H28N2O2. The second-order valence-corrected chi connectivity index (χ2v) is 5.55. The minimum atomic E-state index is -0.0640. The number of hydrogen-bond donors (Lipinski definition) is 2. The summed E-state index contributed by atoms with van der Waals surface area (Å²) in [6, 6.07) is 7.04. The summed E-state index contributed by atoms with van der Waals surface area (Å²) in [5, 5.41) is 5.74. The van der Waals surface area contributed by atoms with Crippen molar-refractivity contribution >= 4 is 17.5 Å². The van der Waals surface area contributed by atoms with Gasteiger partial charge in [-0.3, -0.25) is 9.59 Å². The number of nitrogens with one attached hydrogen (secondary N) is 2. The van der Waals surface area contributed by atoms with Gasteiger partial charge in [0, 0.05) is 24.2 Å². The number of amides is 2. The molecule has 0 aromatic heterocycles. The van der Waals surface area contributed by atoms with Crippen molar-refractivity contribution < 1.29 is 9.59 Å². The highest BCUT2D eigenvalue weighted by Gasteiger charge is 2.06. The monoisotopic (exact) mass is 304 g/mol. The van der Waals surface area contributed by atoms with Crippen molar-refractivity contribution in [3.63, 3.8) is 0 Å². The largest absolute Gasteiger partial charge is 0.352 e. The Labute approximate surface area is 133 Å². The molecule has 4 heteroatoms. The van der Waals surface area contributed by atoms with E-state index < -0.39 is 0 Å². The molecule has 0 radical (unpaired) electrons. The Morgan fingerprint density at radius 2 is 1.59 bits per heavy atom. The summed E-state index contributed by atoms with van der Waals surface area (Å²) in [5.74, 6) is -0.0258. The highest BCUT2D eigenvalue weighted by Crippen LogP contribution is 2.11. The fraction of sp³-hybridized carbons (Fsp3) is 0.556. The predicted molar refractivity (Wildman–Crippen MR) is 91.1 cm³/mol. The molecule has 0 aliphatic carbocycles. The third kappa shape index (κ3) is 7.25.